The number of anilines is 1. The van der Waals surface area contributed by atoms with Gasteiger partial charge in [-0.15, -0.1) is 0 Å². The highest BCUT2D eigenvalue weighted by molar-refractivity contribution is 5.88. The topological polar surface area (TPSA) is 62.2 Å². The summed E-state index contributed by atoms with van der Waals surface area (Å²) >= 11 is 0. The first-order valence-electron chi connectivity index (χ1n) is 9.37. The highest BCUT2D eigenvalue weighted by Gasteiger charge is 2.34. The van der Waals surface area contributed by atoms with Gasteiger partial charge in [0.15, 0.2) is 6.29 Å². The first kappa shape index (κ1) is 16.7. The van der Waals surface area contributed by atoms with Crippen molar-refractivity contribution >= 4 is 11.8 Å². The Morgan fingerprint density at radius 2 is 2.08 bits per heavy atom. The highest BCUT2D eigenvalue weighted by atomic mass is 16.7. The summed E-state index contributed by atoms with van der Waals surface area (Å²) in [5.74, 6) is 0.766. The third kappa shape index (κ3) is 3.46. The molecule has 136 valence electrons. The average molecular weight is 346 g/mol. The van der Waals surface area contributed by atoms with Crippen LogP contribution in [0.1, 0.15) is 44.1 Å². The fraction of sp³-hybridized carbons (Fsp3) is 0.632. The van der Waals surface area contributed by atoms with Gasteiger partial charge in [0.1, 0.15) is 5.75 Å². The molecule has 0 radical (unpaired) electrons. The number of carboxylic acid groups (broad SMARTS) is 1. The van der Waals surface area contributed by atoms with Gasteiger partial charge in [-0.1, -0.05) is 12.5 Å². The summed E-state index contributed by atoms with van der Waals surface area (Å²) in [4.78, 5) is 15.8. The van der Waals surface area contributed by atoms with Crippen LogP contribution in [0.15, 0.2) is 18.2 Å². The van der Waals surface area contributed by atoms with E-state index in [4.69, 9.17) is 9.47 Å². The van der Waals surface area contributed by atoms with Crippen LogP contribution < -0.4 is 9.64 Å². The lowest BCUT2D eigenvalue weighted by atomic mass is 10.0. The van der Waals surface area contributed by atoms with Crippen LogP contribution in [-0.2, 0) is 11.3 Å². The molecule has 4 rings (SSSR count). The van der Waals surface area contributed by atoms with Crippen molar-refractivity contribution in [1.29, 1.82) is 0 Å². The second-order valence-electron chi connectivity index (χ2n) is 7.18. The van der Waals surface area contributed by atoms with Gasteiger partial charge in [0, 0.05) is 31.1 Å². The Balaban J connectivity index is 1.67. The summed E-state index contributed by atoms with van der Waals surface area (Å²) < 4.78 is 11.9. The zero-order chi connectivity index (χ0) is 17.2. The zero-order valence-electron chi connectivity index (χ0n) is 14.5. The Bertz CT molecular complexity index is 630. The lowest BCUT2D eigenvalue weighted by Crippen LogP contribution is -2.45. The van der Waals surface area contributed by atoms with Crippen molar-refractivity contribution in [2.45, 2.75) is 57.4 Å². The van der Waals surface area contributed by atoms with E-state index in [1.54, 1.807) is 0 Å². The maximum atomic E-state index is 11.9. The van der Waals surface area contributed by atoms with Gasteiger partial charge in [-0.3, -0.25) is 9.80 Å². The SMILES string of the molecule is O=C(O)N1CC2CCCCN2Cc2c(OC3CCCCO3)cccc21. The van der Waals surface area contributed by atoms with E-state index >= 15 is 0 Å². The molecule has 2 atom stereocenters. The number of piperidine rings is 1. The molecule has 0 spiro atoms. The molecule has 0 saturated carbocycles. The van der Waals surface area contributed by atoms with Crippen molar-refractivity contribution in [2.24, 2.45) is 0 Å². The number of fused-ring (bicyclic) bond motifs is 2. The molecule has 2 unspecified atom stereocenters. The summed E-state index contributed by atoms with van der Waals surface area (Å²) in [5, 5.41) is 9.75. The minimum atomic E-state index is -0.889. The molecule has 2 fully saturated rings. The van der Waals surface area contributed by atoms with Crippen LogP contribution in [0.5, 0.6) is 5.75 Å². The number of benzene rings is 1. The molecule has 6 heteroatoms. The normalized spacial score (nSPS) is 27.1. The molecule has 2 saturated heterocycles. The number of hydrogen-bond donors (Lipinski definition) is 1. The number of amides is 1. The summed E-state index contributed by atoms with van der Waals surface area (Å²) in [6, 6.07) is 6.02. The van der Waals surface area contributed by atoms with E-state index < -0.39 is 6.09 Å². The monoisotopic (exact) mass is 346 g/mol. The molecule has 6 nitrogen and oxygen atoms in total. The predicted molar refractivity (Wildman–Crippen MR) is 94.1 cm³/mol. The van der Waals surface area contributed by atoms with E-state index in [9.17, 15) is 9.90 Å². The summed E-state index contributed by atoms with van der Waals surface area (Å²) in [7, 11) is 0. The van der Waals surface area contributed by atoms with Crippen LogP contribution in [0.3, 0.4) is 0 Å². The maximum absolute atomic E-state index is 11.9. The molecule has 3 heterocycles. The largest absolute Gasteiger partial charge is 0.465 e. The Morgan fingerprint density at radius 1 is 1.20 bits per heavy atom. The van der Waals surface area contributed by atoms with Crippen LogP contribution in [0.25, 0.3) is 0 Å². The van der Waals surface area contributed by atoms with Crippen LogP contribution in [0.2, 0.25) is 0 Å². The van der Waals surface area contributed by atoms with Gasteiger partial charge in [-0.25, -0.2) is 4.79 Å². The Morgan fingerprint density at radius 3 is 2.88 bits per heavy atom. The van der Waals surface area contributed by atoms with Crippen molar-refractivity contribution in [1.82, 2.24) is 4.90 Å². The molecular weight excluding hydrogens is 320 g/mol. The van der Waals surface area contributed by atoms with E-state index in [0.717, 1.165) is 62.4 Å². The van der Waals surface area contributed by atoms with Gasteiger partial charge in [-0.2, -0.15) is 0 Å². The van der Waals surface area contributed by atoms with Crippen LogP contribution in [-0.4, -0.2) is 48.1 Å². The Kier molecular flexibility index (Phi) is 4.81. The number of ether oxygens (including phenoxy) is 2. The van der Waals surface area contributed by atoms with E-state index in [1.165, 1.54) is 17.7 Å². The molecule has 25 heavy (non-hydrogen) atoms. The Labute approximate surface area is 148 Å². The van der Waals surface area contributed by atoms with Gasteiger partial charge in [-0.05, 0) is 44.4 Å². The van der Waals surface area contributed by atoms with Crippen molar-refractivity contribution in [3.05, 3.63) is 23.8 Å². The molecule has 1 aromatic rings. The van der Waals surface area contributed by atoms with Crippen LogP contribution in [0.4, 0.5) is 10.5 Å². The lowest BCUT2D eigenvalue weighted by molar-refractivity contribution is -0.106. The molecule has 0 aliphatic carbocycles. The van der Waals surface area contributed by atoms with Crippen LogP contribution in [0, 0.1) is 0 Å². The van der Waals surface area contributed by atoms with E-state index in [2.05, 4.69) is 4.90 Å². The molecule has 1 aromatic carbocycles. The van der Waals surface area contributed by atoms with Gasteiger partial charge in [0.2, 0.25) is 0 Å². The fourth-order valence-electron chi connectivity index (χ4n) is 4.19. The third-order valence-electron chi connectivity index (χ3n) is 5.53. The van der Waals surface area contributed by atoms with Gasteiger partial charge >= 0.3 is 6.09 Å². The fourth-order valence-corrected chi connectivity index (χ4v) is 4.19. The molecule has 3 aliphatic rings. The summed E-state index contributed by atoms with van der Waals surface area (Å²) in [5.41, 5.74) is 1.73. The lowest BCUT2D eigenvalue weighted by Gasteiger charge is -2.35. The first-order chi connectivity index (χ1) is 12.2. The van der Waals surface area contributed by atoms with Crippen LogP contribution >= 0.6 is 0 Å². The van der Waals surface area contributed by atoms with Crippen molar-refractivity contribution in [3.63, 3.8) is 0 Å². The number of nitrogens with zero attached hydrogens (tertiary/aromatic N) is 2. The number of rotatable bonds is 2. The molecule has 0 aromatic heterocycles. The maximum Gasteiger partial charge on any atom is 0.411 e. The summed E-state index contributed by atoms with van der Waals surface area (Å²) in [6.07, 6.45) is 5.36. The standard InChI is InChI=1S/C19H26N2O4/c22-19(23)21-12-14-6-1-3-10-20(14)13-15-16(21)7-5-8-17(15)25-18-9-2-4-11-24-18/h5,7-8,14,18H,1-4,6,9-13H2,(H,22,23). The average Bonchev–Trinajstić information content (AvgIpc) is 2.80. The van der Waals surface area contributed by atoms with Crippen molar-refractivity contribution < 1.29 is 19.4 Å². The van der Waals surface area contributed by atoms with Gasteiger partial charge in [0.25, 0.3) is 0 Å². The number of hydrogen-bond acceptors (Lipinski definition) is 4. The minimum absolute atomic E-state index is 0.223. The van der Waals surface area contributed by atoms with E-state index in [0.29, 0.717) is 6.54 Å². The molecule has 0 bridgehead atoms. The number of carbonyl (C=O) groups is 1. The zero-order valence-corrected chi connectivity index (χ0v) is 14.5. The smallest absolute Gasteiger partial charge is 0.411 e. The second-order valence-corrected chi connectivity index (χ2v) is 7.18. The van der Waals surface area contributed by atoms with E-state index in [-0.39, 0.29) is 12.3 Å². The molecule has 3 aliphatic heterocycles. The highest BCUT2D eigenvalue weighted by Crippen LogP contribution is 2.37. The Hall–Kier alpha value is -1.79. The van der Waals surface area contributed by atoms with Crippen molar-refractivity contribution in [3.8, 4) is 5.75 Å². The third-order valence-corrected chi connectivity index (χ3v) is 5.53. The molecule has 1 amide bonds. The predicted octanol–water partition coefficient (Wildman–Crippen LogP) is 3.44. The second kappa shape index (κ2) is 7.22. The molecule has 1 N–H and O–H groups in total. The molecular formula is C19H26N2O4. The van der Waals surface area contributed by atoms with Gasteiger partial charge < -0.3 is 14.6 Å². The van der Waals surface area contributed by atoms with E-state index in [1.807, 2.05) is 18.2 Å². The minimum Gasteiger partial charge on any atom is -0.465 e. The summed E-state index contributed by atoms with van der Waals surface area (Å²) in [6.45, 7) is 3.03. The van der Waals surface area contributed by atoms with Crippen molar-refractivity contribution in [2.75, 3.05) is 24.6 Å². The first-order valence-corrected chi connectivity index (χ1v) is 9.37. The van der Waals surface area contributed by atoms with Gasteiger partial charge in [0.05, 0.1) is 12.3 Å². The quantitative estimate of drug-likeness (QED) is 0.889.